The highest BCUT2D eigenvalue weighted by Crippen LogP contribution is 2.34. The third-order valence-electron chi connectivity index (χ3n) is 4.38. The quantitative estimate of drug-likeness (QED) is 0.551. The van der Waals surface area contributed by atoms with Crippen LogP contribution < -0.4 is 20.1 Å². The summed E-state index contributed by atoms with van der Waals surface area (Å²) in [5, 5.41) is 5.51. The van der Waals surface area contributed by atoms with E-state index < -0.39 is 23.8 Å². The summed E-state index contributed by atoms with van der Waals surface area (Å²) in [5.74, 6) is -0.942. The summed E-state index contributed by atoms with van der Waals surface area (Å²) in [7, 11) is 0. The Morgan fingerprint density at radius 2 is 1.77 bits per heavy atom. The molecule has 0 unspecified atom stereocenters. The van der Waals surface area contributed by atoms with Gasteiger partial charge in [-0.25, -0.2) is 4.79 Å². The van der Waals surface area contributed by atoms with E-state index in [2.05, 4.69) is 10.6 Å². The van der Waals surface area contributed by atoms with Gasteiger partial charge in [-0.2, -0.15) is 0 Å². The maximum absolute atomic E-state index is 12.5. The Labute approximate surface area is 171 Å². The van der Waals surface area contributed by atoms with E-state index in [1.165, 1.54) is 6.92 Å². The molecule has 154 valence electrons. The number of rotatable bonds is 6. The molecule has 0 aromatic heterocycles. The summed E-state index contributed by atoms with van der Waals surface area (Å²) in [6.07, 6.45) is -1.15. The van der Waals surface area contributed by atoms with Crippen LogP contribution in [0.15, 0.2) is 60.0 Å². The van der Waals surface area contributed by atoms with Crippen molar-refractivity contribution in [1.29, 1.82) is 0 Å². The van der Waals surface area contributed by atoms with Gasteiger partial charge >= 0.3 is 5.97 Å². The van der Waals surface area contributed by atoms with Crippen molar-refractivity contribution >= 4 is 29.0 Å². The van der Waals surface area contributed by atoms with Gasteiger partial charge in [0.1, 0.15) is 0 Å². The van der Waals surface area contributed by atoms with Crippen LogP contribution in [0.1, 0.15) is 6.92 Å². The van der Waals surface area contributed by atoms with Gasteiger partial charge in [-0.15, -0.1) is 0 Å². The van der Waals surface area contributed by atoms with Crippen LogP contribution in [-0.4, -0.2) is 37.2 Å². The summed E-state index contributed by atoms with van der Waals surface area (Å²) >= 11 is 0. The maximum Gasteiger partial charge on any atom is 0.348 e. The molecule has 9 heteroatoms. The molecule has 2 heterocycles. The van der Waals surface area contributed by atoms with E-state index in [0.717, 1.165) is 0 Å². The van der Waals surface area contributed by atoms with Gasteiger partial charge in [0, 0.05) is 17.4 Å². The average Bonchev–Trinajstić information content (AvgIpc) is 3.34. The number of ether oxygens (including phenoxy) is 4. The molecule has 2 aliphatic heterocycles. The molecule has 0 spiro atoms. The van der Waals surface area contributed by atoms with Crippen molar-refractivity contribution in [3.8, 4) is 11.5 Å². The monoisotopic (exact) mass is 410 g/mol. The molecule has 2 N–H and O–H groups in total. The summed E-state index contributed by atoms with van der Waals surface area (Å²) in [5.41, 5.74) is 0.834. The van der Waals surface area contributed by atoms with E-state index in [-0.39, 0.29) is 24.9 Å². The zero-order valence-electron chi connectivity index (χ0n) is 16.0. The normalized spacial score (nSPS) is 15.4. The SMILES string of the molecule is C[C@H](OC(=O)C1=C(Nc2ccccc2)OCC1=O)C(=O)Nc1ccc2c(c1)OCO2. The number of esters is 1. The molecule has 9 nitrogen and oxygen atoms in total. The number of amides is 1. The number of Topliss-reactive ketones (excluding diaryl/α,β-unsaturated/α-hetero) is 1. The first-order valence-electron chi connectivity index (χ1n) is 9.15. The van der Waals surface area contributed by atoms with Gasteiger partial charge in [0.25, 0.3) is 5.91 Å². The minimum atomic E-state index is -1.15. The number of para-hydroxylation sites is 1. The lowest BCUT2D eigenvalue weighted by Gasteiger charge is -2.14. The molecule has 0 bridgehead atoms. The minimum Gasteiger partial charge on any atom is -0.470 e. The zero-order valence-corrected chi connectivity index (χ0v) is 16.0. The molecule has 2 aromatic rings. The van der Waals surface area contributed by atoms with E-state index >= 15 is 0 Å². The van der Waals surface area contributed by atoms with E-state index in [9.17, 15) is 14.4 Å². The van der Waals surface area contributed by atoms with Crippen LogP contribution >= 0.6 is 0 Å². The molecular formula is C21H18N2O7. The average molecular weight is 410 g/mol. The topological polar surface area (TPSA) is 112 Å². The number of carbonyl (C=O) groups is 3. The van der Waals surface area contributed by atoms with Gasteiger partial charge in [0.05, 0.1) is 0 Å². The van der Waals surface area contributed by atoms with Crippen LogP contribution in [-0.2, 0) is 23.9 Å². The second-order valence-corrected chi connectivity index (χ2v) is 6.51. The first-order chi connectivity index (χ1) is 14.5. The van der Waals surface area contributed by atoms with Crippen LogP contribution in [0, 0.1) is 0 Å². The highest BCUT2D eigenvalue weighted by molar-refractivity contribution is 6.20. The van der Waals surface area contributed by atoms with Crippen molar-refractivity contribution in [3.63, 3.8) is 0 Å². The summed E-state index contributed by atoms with van der Waals surface area (Å²) < 4.78 is 21.0. The van der Waals surface area contributed by atoms with E-state index in [1.54, 1.807) is 42.5 Å². The number of anilines is 2. The highest BCUT2D eigenvalue weighted by Gasteiger charge is 2.34. The zero-order chi connectivity index (χ0) is 21.1. The maximum atomic E-state index is 12.5. The molecular weight excluding hydrogens is 392 g/mol. The standard InChI is InChI=1S/C21H18N2O7/c1-12(19(25)22-14-7-8-16-17(9-14)29-11-28-16)30-21(26)18-15(24)10-27-20(18)23-13-5-3-2-4-6-13/h2-9,12,23H,10-11H2,1H3,(H,22,25)/t12-/m0/s1. The van der Waals surface area contributed by atoms with E-state index in [1.807, 2.05) is 6.07 Å². The Hall–Kier alpha value is -4.01. The second kappa shape index (κ2) is 8.16. The predicted octanol–water partition coefficient (Wildman–Crippen LogP) is 2.21. The number of hydrogen-bond acceptors (Lipinski definition) is 8. The third kappa shape index (κ3) is 4.04. The molecule has 4 rings (SSSR count). The smallest absolute Gasteiger partial charge is 0.348 e. The van der Waals surface area contributed by atoms with Crippen molar-refractivity contribution in [2.75, 3.05) is 24.0 Å². The number of benzene rings is 2. The molecule has 0 fully saturated rings. The fraction of sp³-hybridized carbons (Fsp3) is 0.190. The molecule has 0 aliphatic carbocycles. The van der Waals surface area contributed by atoms with Crippen LogP contribution in [0.4, 0.5) is 11.4 Å². The Bertz CT molecular complexity index is 1030. The lowest BCUT2D eigenvalue weighted by molar-refractivity contribution is -0.150. The van der Waals surface area contributed by atoms with Gasteiger partial charge in [-0.05, 0) is 31.2 Å². The first kappa shape index (κ1) is 19.3. The largest absolute Gasteiger partial charge is 0.470 e. The van der Waals surface area contributed by atoms with Crippen molar-refractivity contribution in [3.05, 3.63) is 60.0 Å². The van der Waals surface area contributed by atoms with Crippen molar-refractivity contribution in [1.82, 2.24) is 0 Å². The van der Waals surface area contributed by atoms with E-state index in [0.29, 0.717) is 22.9 Å². The van der Waals surface area contributed by atoms with Crippen molar-refractivity contribution in [2.24, 2.45) is 0 Å². The second-order valence-electron chi connectivity index (χ2n) is 6.51. The van der Waals surface area contributed by atoms with Gasteiger partial charge in [0.2, 0.25) is 18.5 Å². The Morgan fingerprint density at radius 1 is 1.00 bits per heavy atom. The lowest BCUT2D eigenvalue weighted by atomic mass is 10.2. The molecule has 1 atom stereocenters. The fourth-order valence-electron chi connectivity index (χ4n) is 2.86. The predicted molar refractivity (Wildman–Crippen MR) is 105 cm³/mol. The van der Waals surface area contributed by atoms with Gasteiger partial charge in [0.15, 0.2) is 29.8 Å². The number of carbonyl (C=O) groups excluding carboxylic acids is 3. The first-order valence-corrected chi connectivity index (χ1v) is 9.15. The summed E-state index contributed by atoms with van der Waals surface area (Å²) in [6.45, 7) is 1.24. The van der Waals surface area contributed by atoms with Gasteiger partial charge in [-0.1, -0.05) is 18.2 Å². The Morgan fingerprint density at radius 3 is 2.57 bits per heavy atom. The van der Waals surface area contributed by atoms with Gasteiger partial charge in [-0.3, -0.25) is 9.59 Å². The molecule has 0 radical (unpaired) electrons. The summed E-state index contributed by atoms with van der Waals surface area (Å²) in [4.78, 5) is 37.1. The van der Waals surface area contributed by atoms with Crippen molar-refractivity contribution < 1.29 is 33.3 Å². The molecule has 0 saturated heterocycles. The Kier molecular flexibility index (Phi) is 5.25. The number of fused-ring (bicyclic) bond motifs is 1. The molecule has 1 amide bonds. The number of nitrogens with one attached hydrogen (secondary N) is 2. The molecule has 2 aliphatic rings. The molecule has 2 aromatic carbocycles. The van der Waals surface area contributed by atoms with Gasteiger partial charge < -0.3 is 29.6 Å². The van der Waals surface area contributed by atoms with Crippen LogP contribution in [0.2, 0.25) is 0 Å². The lowest BCUT2D eigenvalue weighted by Crippen LogP contribution is -2.31. The molecule has 30 heavy (non-hydrogen) atoms. The minimum absolute atomic E-state index is 0.000390. The van der Waals surface area contributed by atoms with Crippen LogP contribution in [0.5, 0.6) is 11.5 Å². The molecule has 0 saturated carbocycles. The van der Waals surface area contributed by atoms with E-state index in [4.69, 9.17) is 18.9 Å². The number of hydrogen-bond donors (Lipinski definition) is 2. The fourth-order valence-corrected chi connectivity index (χ4v) is 2.86. The Balaban J connectivity index is 1.42. The highest BCUT2D eigenvalue weighted by atomic mass is 16.7. The number of ketones is 1. The summed E-state index contributed by atoms with van der Waals surface area (Å²) in [6, 6.07) is 13.8. The van der Waals surface area contributed by atoms with Crippen LogP contribution in [0.25, 0.3) is 0 Å². The van der Waals surface area contributed by atoms with Crippen LogP contribution in [0.3, 0.4) is 0 Å². The van der Waals surface area contributed by atoms with Crippen molar-refractivity contribution in [2.45, 2.75) is 13.0 Å². The third-order valence-corrected chi connectivity index (χ3v) is 4.38.